The first-order valence-electron chi connectivity index (χ1n) is 8.45. The number of likely N-dealkylation sites (tertiary alicyclic amines) is 1. The lowest BCUT2D eigenvalue weighted by Gasteiger charge is -2.32. The van der Waals surface area contributed by atoms with Crippen LogP contribution in [0, 0.1) is 6.92 Å². The second kappa shape index (κ2) is 7.93. The molecule has 0 bridgehead atoms. The summed E-state index contributed by atoms with van der Waals surface area (Å²) in [6.07, 6.45) is 5.62. The summed E-state index contributed by atoms with van der Waals surface area (Å²) >= 11 is 0. The summed E-state index contributed by atoms with van der Waals surface area (Å²) in [5.41, 5.74) is 3.22. The van der Waals surface area contributed by atoms with Gasteiger partial charge in [-0.05, 0) is 49.1 Å². The third-order valence-electron chi connectivity index (χ3n) is 4.47. The number of amides is 2. The van der Waals surface area contributed by atoms with Crippen molar-refractivity contribution in [3.63, 3.8) is 0 Å². The smallest absolute Gasteiger partial charge is 0.319 e. The van der Waals surface area contributed by atoms with Crippen LogP contribution >= 0.6 is 0 Å². The van der Waals surface area contributed by atoms with E-state index in [9.17, 15) is 4.79 Å². The van der Waals surface area contributed by atoms with Gasteiger partial charge in [-0.2, -0.15) is 0 Å². The van der Waals surface area contributed by atoms with Crippen LogP contribution in [0.2, 0.25) is 0 Å². The number of piperidine rings is 1. The number of urea groups is 1. The van der Waals surface area contributed by atoms with Crippen LogP contribution in [-0.4, -0.2) is 35.0 Å². The summed E-state index contributed by atoms with van der Waals surface area (Å²) < 4.78 is 0. The van der Waals surface area contributed by atoms with Crippen molar-refractivity contribution in [2.75, 3.05) is 18.4 Å². The maximum Gasteiger partial charge on any atom is 0.319 e. The fourth-order valence-corrected chi connectivity index (χ4v) is 3.04. The summed E-state index contributed by atoms with van der Waals surface area (Å²) in [5.74, 6) is 0. The number of carbonyl (C=O) groups excluding carboxylic acids is 1. The van der Waals surface area contributed by atoms with Gasteiger partial charge >= 0.3 is 6.03 Å². The lowest BCUT2D eigenvalue weighted by atomic mass is 10.0. The number of anilines is 1. The number of carbonyl (C=O) groups is 1. The highest BCUT2D eigenvalue weighted by atomic mass is 16.2. The van der Waals surface area contributed by atoms with Crippen molar-refractivity contribution in [1.29, 1.82) is 0 Å². The summed E-state index contributed by atoms with van der Waals surface area (Å²) in [5, 5.41) is 6.03. The Bertz CT molecular complexity index is 666. The van der Waals surface area contributed by atoms with E-state index in [-0.39, 0.29) is 12.1 Å². The van der Waals surface area contributed by atoms with Crippen LogP contribution in [0.3, 0.4) is 0 Å². The molecule has 0 spiro atoms. The van der Waals surface area contributed by atoms with E-state index in [1.54, 1.807) is 0 Å². The fraction of sp³-hybridized carbons (Fsp3) is 0.368. The number of para-hydroxylation sites is 1. The molecule has 0 unspecified atom stereocenters. The molecule has 0 atom stereocenters. The van der Waals surface area contributed by atoms with Gasteiger partial charge in [0, 0.05) is 43.8 Å². The number of nitrogens with zero attached hydrogens (tertiary/aromatic N) is 2. The van der Waals surface area contributed by atoms with E-state index in [1.807, 2.05) is 43.6 Å². The van der Waals surface area contributed by atoms with Crippen LogP contribution in [0.4, 0.5) is 10.5 Å². The minimum Gasteiger partial charge on any atom is -0.335 e. The number of hydrogen-bond acceptors (Lipinski definition) is 3. The molecule has 0 aliphatic carbocycles. The molecule has 1 aliphatic heterocycles. The Morgan fingerprint density at radius 1 is 1.17 bits per heavy atom. The zero-order valence-electron chi connectivity index (χ0n) is 14.0. The standard InChI is InChI=1S/C19H24N4O/c1-15-4-2-3-5-18(15)22-19(24)21-17-8-12-23(13-9-17)14-16-6-10-20-11-7-16/h2-7,10-11,17H,8-9,12-14H2,1H3,(H2,21,22,24). The van der Waals surface area contributed by atoms with Gasteiger partial charge < -0.3 is 10.6 Å². The molecule has 2 aromatic rings. The molecular weight excluding hydrogens is 300 g/mol. The second-order valence-electron chi connectivity index (χ2n) is 6.32. The summed E-state index contributed by atoms with van der Waals surface area (Å²) in [6, 6.07) is 12.1. The minimum atomic E-state index is -0.114. The molecule has 2 heterocycles. The first-order chi connectivity index (χ1) is 11.7. The number of aromatic nitrogens is 1. The highest BCUT2D eigenvalue weighted by Gasteiger charge is 2.20. The van der Waals surface area contributed by atoms with E-state index in [1.165, 1.54) is 5.56 Å². The van der Waals surface area contributed by atoms with E-state index in [0.29, 0.717) is 0 Å². The van der Waals surface area contributed by atoms with Gasteiger partial charge in [-0.15, -0.1) is 0 Å². The number of rotatable bonds is 4. The molecule has 1 aromatic heterocycles. The van der Waals surface area contributed by atoms with Crippen molar-refractivity contribution in [3.05, 3.63) is 59.9 Å². The van der Waals surface area contributed by atoms with Gasteiger partial charge in [0.1, 0.15) is 0 Å². The van der Waals surface area contributed by atoms with E-state index in [0.717, 1.165) is 43.7 Å². The predicted molar refractivity (Wildman–Crippen MR) is 95.9 cm³/mol. The van der Waals surface area contributed by atoms with E-state index in [2.05, 4.69) is 32.7 Å². The lowest BCUT2D eigenvalue weighted by Crippen LogP contribution is -2.45. The second-order valence-corrected chi connectivity index (χ2v) is 6.32. The Labute approximate surface area is 143 Å². The summed E-state index contributed by atoms with van der Waals surface area (Å²) in [7, 11) is 0. The molecule has 1 fully saturated rings. The Morgan fingerprint density at radius 3 is 2.58 bits per heavy atom. The van der Waals surface area contributed by atoms with E-state index >= 15 is 0 Å². The monoisotopic (exact) mass is 324 g/mol. The molecule has 1 aliphatic rings. The summed E-state index contributed by atoms with van der Waals surface area (Å²) in [6.45, 7) is 4.94. The van der Waals surface area contributed by atoms with Crippen LogP contribution in [-0.2, 0) is 6.54 Å². The van der Waals surface area contributed by atoms with Crippen LogP contribution in [0.5, 0.6) is 0 Å². The zero-order chi connectivity index (χ0) is 16.8. The SMILES string of the molecule is Cc1ccccc1NC(=O)NC1CCN(Cc2ccncc2)CC1. The number of nitrogens with one attached hydrogen (secondary N) is 2. The Morgan fingerprint density at radius 2 is 1.88 bits per heavy atom. The molecule has 1 aromatic carbocycles. The predicted octanol–water partition coefficient (Wildman–Crippen LogP) is 3.18. The van der Waals surface area contributed by atoms with Gasteiger partial charge in [-0.25, -0.2) is 4.79 Å². The van der Waals surface area contributed by atoms with Gasteiger partial charge in [0.05, 0.1) is 0 Å². The molecule has 0 saturated carbocycles. The van der Waals surface area contributed by atoms with Crippen LogP contribution in [0.15, 0.2) is 48.8 Å². The van der Waals surface area contributed by atoms with Crippen molar-refractivity contribution in [1.82, 2.24) is 15.2 Å². The average Bonchev–Trinajstić information content (AvgIpc) is 2.60. The molecule has 3 rings (SSSR count). The van der Waals surface area contributed by atoms with Gasteiger partial charge in [0.15, 0.2) is 0 Å². The first-order valence-corrected chi connectivity index (χ1v) is 8.45. The van der Waals surface area contributed by atoms with Gasteiger partial charge in [0.2, 0.25) is 0 Å². The van der Waals surface area contributed by atoms with Crippen molar-refractivity contribution in [3.8, 4) is 0 Å². The van der Waals surface area contributed by atoms with E-state index in [4.69, 9.17) is 0 Å². The molecular formula is C19H24N4O. The maximum absolute atomic E-state index is 12.2. The molecule has 24 heavy (non-hydrogen) atoms. The van der Waals surface area contributed by atoms with Crippen molar-refractivity contribution >= 4 is 11.7 Å². The topological polar surface area (TPSA) is 57.3 Å². The Balaban J connectivity index is 1.43. The largest absolute Gasteiger partial charge is 0.335 e. The number of benzene rings is 1. The quantitative estimate of drug-likeness (QED) is 0.908. The number of hydrogen-bond donors (Lipinski definition) is 2. The highest BCUT2D eigenvalue weighted by Crippen LogP contribution is 2.15. The normalized spacial score (nSPS) is 15.9. The zero-order valence-corrected chi connectivity index (χ0v) is 14.0. The number of aryl methyl sites for hydroxylation is 1. The summed E-state index contributed by atoms with van der Waals surface area (Å²) in [4.78, 5) is 18.6. The molecule has 2 amide bonds. The van der Waals surface area contributed by atoms with Crippen molar-refractivity contribution in [2.45, 2.75) is 32.4 Å². The highest BCUT2D eigenvalue weighted by molar-refractivity contribution is 5.90. The van der Waals surface area contributed by atoms with Crippen LogP contribution < -0.4 is 10.6 Å². The number of pyridine rings is 1. The average molecular weight is 324 g/mol. The van der Waals surface area contributed by atoms with Gasteiger partial charge in [0.25, 0.3) is 0 Å². The van der Waals surface area contributed by atoms with Crippen LogP contribution in [0.1, 0.15) is 24.0 Å². The molecule has 5 heteroatoms. The third kappa shape index (κ3) is 4.55. The molecule has 1 saturated heterocycles. The van der Waals surface area contributed by atoms with Crippen LogP contribution in [0.25, 0.3) is 0 Å². The third-order valence-corrected chi connectivity index (χ3v) is 4.47. The lowest BCUT2D eigenvalue weighted by molar-refractivity contribution is 0.190. The maximum atomic E-state index is 12.2. The minimum absolute atomic E-state index is 0.114. The molecule has 126 valence electrons. The van der Waals surface area contributed by atoms with Gasteiger partial charge in [-0.1, -0.05) is 18.2 Å². The molecule has 5 nitrogen and oxygen atoms in total. The first kappa shape index (κ1) is 16.5. The Hall–Kier alpha value is -2.40. The van der Waals surface area contributed by atoms with Gasteiger partial charge in [-0.3, -0.25) is 9.88 Å². The van der Waals surface area contributed by atoms with Crippen molar-refractivity contribution < 1.29 is 4.79 Å². The fourth-order valence-electron chi connectivity index (χ4n) is 3.04. The van der Waals surface area contributed by atoms with E-state index < -0.39 is 0 Å². The van der Waals surface area contributed by atoms with Crippen molar-refractivity contribution in [2.24, 2.45) is 0 Å². The molecule has 2 N–H and O–H groups in total. The Kier molecular flexibility index (Phi) is 5.43. The molecule has 0 radical (unpaired) electrons.